The summed E-state index contributed by atoms with van der Waals surface area (Å²) >= 11 is 0. The summed E-state index contributed by atoms with van der Waals surface area (Å²) in [7, 11) is 1.59. The smallest absolute Gasteiger partial charge is 0.295 e. The number of fused-ring (bicyclic) bond motifs is 2. The molecule has 2 aliphatic heterocycles. The summed E-state index contributed by atoms with van der Waals surface area (Å²) in [6.07, 6.45) is 2.10. The summed E-state index contributed by atoms with van der Waals surface area (Å²) in [5, 5.41) is 8.97. The van der Waals surface area contributed by atoms with Gasteiger partial charge in [0.25, 0.3) is 17.7 Å². The van der Waals surface area contributed by atoms with Crippen LogP contribution in [0.4, 0.5) is 10.1 Å². The van der Waals surface area contributed by atoms with E-state index in [4.69, 9.17) is 4.74 Å². The molecule has 3 aromatic rings. The van der Waals surface area contributed by atoms with Crippen molar-refractivity contribution in [3.8, 4) is 5.75 Å². The predicted octanol–water partition coefficient (Wildman–Crippen LogP) is 0.0290. The molecule has 2 N–H and O–H groups in total. The van der Waals surface area contributed by atoms with E-state index < -0.39 is 23.7 Å². The topological polar surface area (TPSA) is 147 Å². The van der Waals surface area contributed by atoms with Gasteiger partial charge in [-0.1, -0.05) is 0 Å². The van der Waals surface area contributed by atoms with Crippen LogP contribution in [0.3, 0.4) is 0 Å². The molecule has 172 valence electrons. The molecule has 0 spiro atoms. The molecule has 4 amide bonds. The maximum atomic E-state index is 14.2. The molecule has 1 saturated heterocycles. The highest BCUT2D eigenvalue weighted by Crippen LogP contribution is 2.28. The van der Waals surface area contributed by atoms with Crippen molar-refractivity contribution in [1.29, 1.82) is 0 Å². The molecule has 2 aromatic heterocycles. The van der Waals surface area contributed by atoms with Crippen molar-refractivity contribution in [3.05, 3.63) is 53.2 Å². The van der Waals surface area contributed by atoms with Crippen molar-refractivity contribution in [2.24, 2.45) is 4.99 Å². The first kappa shape index (κ1) is 21.2. The second-order valence-corrected chi connectivity index (χ2v) is 7.66. The van der Waals surface area contributed by atoms with Crippen molar-refractivity contribution < 1.29 is 28.3 Å². The minimum Gasteiger partial charge on any atom is -0.482 e. The Kier molecular flexibility index (Phi) is 5.00. The monoisotopic (exact) mass is 465 g/mol. The average molecular weight is 465 g/mol. The summed E-state index contributed by atoms with van der Waals surface area (Å²) < 4.78 is 20.4. The molecule has 0 radical (unpaired) electrons. The number of likely N-dealkylation sites (N-methyl/N-ethyl adjacent to an activating group) is 1. The quantitative estimate of drug-likeness (QED) is 0.408. The van der Waals surface area contributed by atoms with Crippen LogP contribution in [-0.2, 0) is 9.59 Å². The maximum absolute atomic E-state index is 14.2. The van der Waals surface area contributed by atoms with Gasteiger partial charge in [0.1, 0.15) is 23.2 Å². The molecule has 0 unspecified atom stereocenters. The fourth-order valence-electron chi connectivity index (χ4n) is 3.52. The molecular weight excluding hydrogens is 449 g/mol. The van der Waals surface area contributed by atoms with E-state index in [1.165, 1.54) is 11.1 Å². The summed E-state index contributed by atoms with van der Waals surface area (Å²) in [6.45, 7) is 0.244. The largest absolute Gasteiger partial charge is 0.482 e. The maximum Gasteiger partial charge on any atom is 0.295 e. The number of likely N-dealkylation sites (tertiary alicyclic amines) is 1. The molecule has 1 atom stereocenters. The molecule has 4 heterocycles. The summed E-state index contributed by atoms with van der Waals surface area (Å²) in [4.78, 5) is 58.0. The number of nitrogens with one attached hydrogen (secondary N) is 2. The number of amides is 4. The number of β-lactam (4-membered cyclic amide) rings is 1. The van der Waals surface area contributed by atoms with Crippen molar-refractivity contribution >= 4 is 41.2 Å². The van der Waals surface area contributed by atoms with Gasteiger partial charge in [-0.25, -0.2) is 18.9 Å². The van der Waals surface area contributed by atoms with Crippen LogP contribution in [0.1, 0.15) is 26.5 Å². The van der Waals surface area contributed by atoms with Crippen LogP contribution in [0.2, 0.25) is 0 Å². The van der Waals surface area contributed by atoms with Crippen molar-refractivity contribution in [3.63, 3.8) is 0 Å². The number of carbonyl (C=O) groups is 4. The highest BCUT2D eigenvalue weighted by molar-refractivity contribution is 6.04. The van der Waals surface area contributed by atoms with E-state index >= 15 is 0 Å². The zero-order valence-electron chi connectivity index (χ0n) is 17.6. The number of rotatable bonds is 4. The molecule has 0 bridgehead atoms. The SMILES string of the molecule is CN1C[C@H](NC(=O)c2cc(C(=O)N=Cc3ccc4c(c3)NC(=O)CO4)nc3c(F)cnn23)C1=O. The average Bonchev–Trinajstić information content (AvgIpc) is 3.21. The van der Waals surface area contributed by atoms with E-state index in [-0.39, 0.29) is 35.5 Å². The lowest BCUT2D eigenvalue weighted by molar-refractivity contribution is -0.141. The molecule has 0 saturated carbocycles. The van der Waals surface area contributed by atoms with Gasteiger partial charge in [-0.15, -0.1) is 0 Å². The van der Waals surface area contributed by atoms with Gasteiger partial charge in [0, 0.05) is 25.9 Å². The number of aliphatic imine (C=N–C) groups is 1. The Morgan fingerprint density at radius 3 is 2.91 bits per heavy atom. The van der Waals surface area contributed by atoms with Crippen LogP contribution < -0.4 is 15.4 Å². The number of aromatic nitrogens is 3. The zero-order chi connectivity index (χ0) is 24.0. The third-order valence-electron chi connectivity index (χ3n) is 5.28. The Labute approximate surface area is 190 Å². The van der Waals surface area contributed by atoms with Gasteiger partial charge in [-0.3, -0.25) is 19.2 Å². The molecule has 2 aliphatic rings. The van der Waals surface area contributed by atoms with Crippen LogP contribution in [-0.4, -0.2) is 75.6 Å². The summed E-state index contributed by atoms with van der Waals surface area (Å²) in [6, 6.07) is 5.23. The standard InChI is InChI=1S/C21H16FN7O5/c1-28-8-14(21(28)33)27-20(32)15-5-13(26-18-11(22)7-24-29(15)18)19(31)23-6-10-2-3-16-12(4-10)25-17(30)9-34-16/h2-7,14H,8-9H2,1H3,(H,25,30)(H,27,32)/t14-/m0/s1. The van der Waals surface area contributed by atoms with Crippen molar-refractivity contribution in [1.82, 2.24) is 24.8 Å². The van der Waals surface area contributed by atoms with Gasteiger partial charge >= 0.3 is 0 Å². The van der Waals surface area contributed by atoms with Crippen molar-refractivity contribution in [2.45, 2.75) is 6.04 Å². The van der Waals surface area contributed by atoms with Crippen LogP contribution >= 0.6 is 0 Å². The third-order valence-corrected chi connectivity index (χ3v) is 5.28. The number of hydrogen-bond donors (Lipinski definition) is 2. The molecule has 1 aromatic carbocycles. The molecule has 1 fully saturated rings. The van der Waals surface area contributed by atoms with E-state index in [0.717, 1.165) is 16.8 Å². The first-order valence-corrected chi connectivity index (χ1v) is 10.1. The Morgan fingerprint density at radius 1 is 1.32 bits per heavy atom. The number of carbonyl (C=O) groups excluding carboxylic acids is 4. The third kappa shape index (κ3) is 3.72. The van der Waals surface area contributed by atoms with Crippen LogP contribution in [0.5, 0.6) is 5.75 Å². The molecule has 34 heavy (non-hydrogen) atoms. The Morgan fingerprint density at radius 2 is 2.15 bits per heavy atom. The van der Waals surface area contributed by atoms with Gasteiger partial charge in [-0.2, -0.15) is 5.10 Å². The Hall–Kier alpha value is -4.68. The van der Waals surface area contributed by atoms with Gasteiger partial charge in [0.2, 0.25) is 5.91 Å². The first-order valence-electron chi connectivity index (χ1n) is 10.1. The minimum atomic E-state index is -0.838. The lowest BCUT2D eigenvalue weighted by atomic mass is 10.1. The van der Waals surface area contributed by atoms with Crippen LogP contribution in [0.25, 0.3) is 5.65 Å². The second kappa shape index (κ2) is 8.03. The molecule has 12 nitrogen and oxygen atoms in total. The van der Waals surface area contributed by atoms with Crippen LogP contribution in [0.15, 0.2) is 35.5 Å². The lowest BCUT2D eigenvalue weighted by Crippen LogP contribution is -2.62. The Balaban J connectivity index is 1.42. The number of ether oxygens (including phenoxy) is 1. The Bertz CT molecular complexity index is 1420. The first-order chi connectivity index (χ1) is 16.3. The number of anilines is 1. The van der Waals surface area contributed by atoms with Crippen molar-refractivity contribution in [2.75, 3.05) is 25.5 Å². The van der Waals surface area contributed by atoms with E-state index in [9.17, 15) is 23.6 Å². The van der Waals surface area contributed by atoms with Gasteiger partial charge in [0.05, 0.1) is 11.9 Å². The lowest BCUT2D eigenvalue weighted by Gasteiger charge is -2.35. The van der Waals surface area contributed by atoms with E-state index in [2.05, 4.69) is 25.7 Å². The van der Waals surface area contributed by atoms with Gasteiger partial charge in [0.15, 0.2) is 18.1 Å². The van der Waals surface area contributed by atoms with Gasteiger partial charge < -0.3 is 20.3 Å². The molecule has 13 heteroatoms. The normalized spacial score (nSPS) is 17.2. The molecular formula is C21H16FN7O5. The van der Waals surface area contributed by atoms with Crippen LogP contribution in [0, 0.1) is 5.82 Å². The highest BCUT2D eigenvalue weighted by Gasteiger charge is 2.35. The van der Waals surface area contributed by atoms with E-state index in [1.54, 1.807) is 25.2 Å². The zero-order valence-corrected chi connectivity index (χ0v) is 17.6. The van der Waals surface area contributed by atoms with E-state index in [0.29, 0.717) is 23.5 Å². The van der Waals surface area contributed by atoms with Gasteiger partial charge in [-0.05, 0) is 23.8 Å². The van der Waals surface area contributed by atoms with E-state index in [1.807, 2.05) is 0 Å². The number of halogens is 1. The number of benzene rings is 1. The minimum absolute atomic E-state index is 0.0836. The summed E-state index contributed by atoms with van der Waals surface area (Å²) in [5.41, 5.74) is 0.115. The molecule has 0 aliphatic carbocycles. The predicted molar refractivity (Wildman–Crippen MR) is 114 cm³/mol. The molecule has 5 rings (SSSR count). The number of nitrogens with zero attached hydrogens (tertiary/aromatic N) is 5. The second-order valence-electron chi connectivity index (χ2n) is 7.66. The highest BCUT2D eigenvalue weighted by atomic mass is 19.1. The summed E-state index contributed by atoms with van der Waals surface area (Å²) in [5.74, 6) is -2.48. The number of hydrogen-bond acceptors (Lipinski definition) is 7. The fourth-order valence-corrected chi connectivity index (χ4v) is 3.52. The fraction of sp³-hybridized carbons (Fsp3) is 0.190.